The van der Waals surface area contributed by atoms with Crippen LogP contribution in [-0.2, 0) is 20.8 Å². The molecule has 0 radical (unpaired) electrons. The molecule has 12 heteroatoms. The highest BCUT2D eigenvalue weighted by atomic mass is 19.1. The normalized spacial score (nSPS) is 17.1. The Morgan fingerprint density at radius 1 is 1.02 bits per heavy atom. The summed E-state index contributed by atoms with van der Waals surface area (Å²) in [7, 11) is 1.29. The quantitative estimate of drug-likeness (QED) is 0.250. The maximum atomic E-state index is 16.3. The summed E-state index contributed by atoms with van der Waals surface area (Å²) in [6.07, 6.45) is 5.04. The van der Waals surface area contributed by atoms with E-state index in [9.17, 15) is 14.4 Å². The van der Waals surface area contributed by atoms with Crippen LogP contribution in [0.1, 0.15) is 62.0 Å². The first-order chi connectivity index (χ1) is 23.0. The van der Waals surface area contributed by atoms with E-state index in [1.54, 1.807) is 21.8 Å². The topological polar surface area (TPSA) is 113 Å². The van der Waals surface area contributed by atoms with Gasteiger partial charge in [0.1, 0.15) is 11.3 Å². The highest BCUT2D eigenvalue weighted by Gasteiger charge is 2.30. The number of H-pyrrole nitrogens is 1. The first-order valence-corrected chi connectivity index (χ1v) is 16.5. The fourth-order valence-electron chi connectivity index (χ4n) is 6.62. The minimum atomic E-state index is -0.578. The highest BCUT2D eigenvalue weighted by Crippen LogP contribution is 2.39. The van der Waals surface area contributed by atoms with Crippen molar-refractivity contribution in [2.24, 2.45) is 0 Å². The standard InChI is InChI=1S/C36H43FN6O5/c1-36(2,3)48-35(46)41-19-17-40(18-20-41)26-10-8-24(9-11-26)27-21-28(32(37)33-29(27)22-30(39-33)34(45)47-4)25-7-5-14-42(23-25)31(44)12-16-43-15-6-13-38-43/h6,8-11,13,15,21-22,25,39H,5,7,12,14,16-20,23H2,1-4H3. The van der Waals surface area contributed by atoms with Crippen molar-refractivity contribution < 1.29 is 28.2 Å². The molecule has 4 aromatic rings. The lowest BCUT2D eigenvalue weighted by Gasteiger charge is -2.36. The Morgan fingerprint density at radius 3 is 2.44 bits per heavy atom. The van der Waals surface area contributed by atoms with Gasteiger partial charge in [-0.25, -0.2) is 14.0 Å². The van der Waals surface area contributed by atoms with Gasteiger partial charge in [0.25, 0.3) is 0 Å². The smallest absolute Gasteiger partial charge is 0.410 e. The summed E-state index contributed by atoms with van der Waals surface area (Å²) in [5, 5.41) is 4.77. The Kier molecular flexibility index (Phi) is 9.43. The predicted octanol–water partition coefficient (Wildman–Crippen LogP) is 5.81. The number of amides is 2. The van der Waals surface area contributed by atoms with Gasteiger partial charge in [0, 0.05) is 81.6 Å². The summed E-state index contributed by atoms with van der Waals surface area (Å²) in [6, 6.07) is 13.4. The van der Waals surface area contributed by atoms with E-state index >= 15 is 4.39 Å². The monoisotopic (exact) mass is 658 g/mol. The van der Waals surface area contributed by atoms with Crippen LogP contribution in [0.5, 0.6) is 0 Å². The minimum absolute atomic E-state index is 0.0206. The largest absolute Gasteiger partial charge is 0.464 e. The third-order valence-corrected chi connectivity index (χ3v) is 9.09. The van der Waals surface area contributed by atoms with Crippen LogP contribution in [0.3, 0.4) is 0 Å². The van der Waals surface area contributed by atoms with Crippen LogP contribution >= 0.6 is 0 Å². The highest BCUT2D eigenvalue weighted by molar-refractivity contribution is 6.02. The number of piperazine rings is 1. The number of rotatable bonds is 7. The zero-order chi connectivity index (χ0) is 34.0. The number of aromatic amines is 1. The molecule has 4 heterocycles. The lowest BCUT2D eigenvalue weighted by atomic mass is 9.87. The number of piperidine rings is 1. The molecule has 2 aromatic heterocycles. The lowest BCUT2D eigenvalue weighted by molar-refractivity contribution is -0.132. The van der Waals surface area contributed by atoms with Crippen LogP contribution in [-0.4, -0.2) is 94.5 Å². The fourth-order valence-corrected chi connectivity index (χ4v) is 6.62. The summed E-state index contributed by atoms with van der Waals surface area (Å²) in [4.78, 5) is 46.9. The van der Waals surface area contributed by atoms with Crippen molar-refractivity contribution in [3.05, 3.63) is 71.9 Å². The van der Waals surface area contributed by atoms with Crippen LogP contribution in [0.25, 0.3) is 22.0 Å². The lowest BCUT2D eigenvalue weighted by Crippen LogP contribution is -2.50. The number of carbonyl (C=O) groups is 3. The van der Waals surface area contributed by atoms with E-state index < -0.39 is 17.4 Å². The Labute approximate surface area is 279 Å². The van der Waals surface area contributed by atoms with Crippen molar-refractivity contribution in [3.63, 3.8) is 0 Å². The third kappa shape index (κ3) is 7.17. The molecular formula is C36H43FN6O5. The number of aryl methyl sites for hydroxylation is 1. The molecule has 11 nitrogen and oxygen atoms in total. The average Bonchev–Trinajstić information content (AvgIpc) is 3.78. The van der Waals surface area contributed by atoms with E-state index in [1.807, 2.05) is 68.3 Å². The molecule has 0 bridgehead atoms. The van der Waals surface area contributed by atoms with Crippen LogP contribution in [0.2, 0.25) is 0 Å². The number of anilines is 1. The number of benzene rings is 2. The molecule has 0 saturated carbocycles. The number of ether oxygens (including phenoxy) is 2. The second kappa shape index (κ2) is 13.7. The zero-order valence-corrected chi connectivity index (χ0v) is 28.0. The molecule has 1 unspecified atom stereocenters. The molecule has 2 fully saturated rings. The maximum absolute atomic E-state index is 16.3. The predicted molar refractivity (Wildman–Crippen MR) is 180 cm³/mol. The average molecular weight is 659 g/mol. The Morgan fingerprint density at radius 2 is 1.77 bits per heavy atom. The second-order valence-electron chi connectivity index (χ2n) is 13.5. The van der Waals surface area contributed by atoms with E-state index in [1.165, 1.54) is 7.11 Å². The number of aromatic nitrogens is 3. The maximum Gasteiger partial charge on any atom is 0.410 e. The summed E-state index contributed by atoms with van der Waals surface area (Å²) in [5.41, 5.74) is 3.06. The Balaban J connectivity index is 1.24. The number of carbonyl (C=O) groups excluding carboxylic acids is 3. The van der Waals surface area contributed by atoms with Gasteiger partial charge in [0.2, 0.25) is 5.91 Å². The number of nitrogens with one attached hydrogen (secondary N) is 1. The molecular weight excluding hydrogens is 615 g/mol. The Hall–Kier alpha value is -4.87. The van der Waals surface area contributed by atoms with E-state index in [4.69, 9.17) is 9.47 Å². The van der Waals surface area contributed by atoms with Crippen molar-refractivity contribution >= 4 is 34.6 Å². The first kappa shape index (κ1) is 33.0. The van der Waals surface area contributed by atoms with Crippen molar-refractivity contribution in [1.82, 2.24) is 24.6 Å². The number of fused-ring (bicyclic) bond motifs is 1. The van der Waals surface area contributed by atoms with Gasteiger partial charge in [-0.1, -0.05) is 12.1 Å². The Bertz CT molecular complexity index is 1770. The third-order valence-electron chi connectivity index (χ3n) is 9.09. The van der Waals surface area contributed by atoms with Gasteiger partial charge in [-0.2, -0.15) is 5.10 Å². The number of likely N-dealkylation sites (tertiary alicyclic amines) is 1. The molecule has 2 amide bonds. The minimum Gasteiger partial charge on any atom is -0.464 e. The molecule has 2 aliphatic heterocycles. The second-order valence-corrected chi connectivity index (χ2v) is 13.5. The SMILES string of the molecule is COC(=O)c1cc2c(-c3ccc(N4CCN(C(=O)OC(C)(C)C)CC4)cc3)cc(C3CCCN(C(=O)CCn4cccn4)C3)c(F)c2[nH]1. The molecule has 2 aliphatic rings. The van der Waals surface area contributed by atoms with Gasteiger partial charge in [0.05, 0.1) is 12.6 Å². The summed E-state index contributed by atoms with van der Waals surface area (Å²) < 4.78 is 28.5. The molecule has 1 atom stereocenters. The molecule has 6 rings (SSSR count). The molecule has 0 aliphatic carbocycles. The van der Waals surface area contributed by atoms with Gasteiger partial charge in [-0.3, -0.25) is 9.48 Å². The zero-order valence-electron chi connectivity index (χ0n) is 28.0. The van der Waals surface area contributed by atoms with Crippen molar-refractivity contribution in [1.29, 1.82) is 0 Å². The van der Waals surface area contributed by atoms with E-state index in [2.05, 4.69) is 15.0 Å². The van der Waals surface area contributed by atoms with E-state index in [-0.39, 0.29) is 29.1 Å². The van der Waals surface area contributed by atoms with Crippen LogP contribution in [0.4, 0.5) is 14.9 Å². The van der Waals surface area contributed by atoms with Gasteiger partial charge in [0.15, 0.2) is 5.82 Å². The molecule has 48 heavy (non-hydrogen) atoms. The number of methoxy groups -OCH3 is 1. The number of nitrogens with zero attached hydrogens (tertiary/aromatic N) is 5. The molecule has 2 saturated heterocycles. The number of hydrogen-bond donors (Lipinski definition) is 1. The van der Waals surface area contributed by atoms with Crippen LogP contribution in [0, 0.1) is 5.82 Å². The fraction of sp³-hybridized carbons (Fsp3) is 0.444. The van der Waals surface area contributed by atoms with E-state index in [0.717, 1.165) is 29.7 Å². The number of halogens is 1. The van der Waals surface area contributed by atoms with Gasteiger partial charge < -0.3 is 29.2 Å². The molecule has 0 spiro atoms. The number of hydrogen-bond acceptors (Lipinski definition) is 7. The summed E-state index contributed by atoms with van der Waals surface area (Å²) in [5.74, 6) is -1.18. The van der Waals surface area contributed by atoms with Crippen molar-refractivity contribution in [2.45, 2.75) is 58.1 Å². The van der Waals surface area contributed by atoms with Gasteiger partial charge in [-0.05, 0) is 80.6 Å². The first-order valence-electron chi connectivity index (χ1n) is 16.5. The van der Waals surface area contributed by atoms with Gasteiger partial charge in [-0.15, -0.1) is 0 Å². The molecule has 1 N–H and O–H groups in total. The van der Waals surface area contributed by atoms with Crippen LogP contribution in [0.15, 0.2) is 54.9 Å². The number of esters is 1. The van der Waals surface area contributed by atoms with Crippen LogP contribution < -0.4 is 4.90 Å². The van der Waals surface area contributed by atoms with Crippen molar-refractivity contribution in [2.75, 3.05) is 51.3 Å². The van der Waals surface area contributed by atoms with Gasteiger partial charge >= 0.3 is 12.1 Å². The molecule has 2 aromatic carbocycles. The molecule has 254 valence electrons. The van der Waals surface area contributed by atoms with Crippen molar-refractivity contribution in [3.8, 4) is 11.1 Å². The summed E-state index contributed by atoms with van der Waals surface area (Å²) in [6.45, 7) is 9.58. The summed E-state index contributed by atoms with van der Waals surface area (Å²) >= 11 is 0. The van der Waals surface area contributed by atoms with E-state index in [0.29, 0.717) is 63.2 Å².